The van der Waals surface area contributed by atoms with Crippen LogP contribution in [0, 0.1) is 13.8 Å². The Bertz CT molecular complexity index is 724. The van der Waals surface area contributed by atoms with Crippen molar-refractivity contribution in [2.45, 2.75) is 32.9 Å². The van der Waals surface area contributed by atoms with E-state index in [1.807, 2.05) is 54.5 Å². The Labute approximate surface area is 140 Å². The Morgan fingerprint density at radius 2 is 2.04 bits per heavy atom. The van der Waals surface area contributed by atoms with Gasteiger partial charge in [-0.2, -0.15) is 0 Å². The molecule has 2 aromatic rings. The van der Waals surface area contributed by atoms with E-state index in [2.05, 4.69) is 5.32 Å². The first-order valence-electron chi connectivity index (χ1n) is 7.74. The number of amides is 2. The molecule has 1 unspecified atom stereocenters. The summed E-state index contributed by atoms with van der Waals surface area (Å²) in [6.07, 6.45) is 0.666. The van der Waals surface area contributed by atoms with Crippen LogP contribution < -0.4 is 5.32 Å². The number of carbonyl (C=O) groups is 2. The molecule has 1 aromatic carbocycles. The minimum absolute atomic E-state index is 0.00630. The minimum atomic E-state index is -0.411. The predicted molar refractivity (Wildman–Crippen MR) is 91.5 cm³/mol. The van der Waals surface area contributed by atoms with Crippen LogP contribution in [-0.4, -0.2) is 29.3 Å². The third-order valence-corrected chi connectivity index (χ3v) is 5.36. The van der Waals surface area contributed by atoms with Gasteiger partial charge in [-0.15, -0.1) is 11.3 Å². The molecule has 1 aromatic heterocycles. The van der Waals surface area contributed by atoms with Gasteiger partial charge in [0.2, 0.25) is 5.91 Å². The van der Waals surface area contributed by atoms with Gasteiger partial charge in [-0.3, -0.25) is 9.59 Å². The molecule has 4 nitrogen and oxygen atoms in total. The van der Waals surface area contributed by atoms with E-state index >= 15 is 0 Å². The zero-order valence-electron chi connectivity index (χ0n) is 13.3. The number of nitrogens with one attached hydrogen (secondary N) is 1. The maximum atomic E-state index is 12.5. The van der Waals surface area contributed by atoms with Gasteiger partial charge in [0.05, 0.1) is 5.56 Å². The van der Waals surface area contributed by atoms with Crippen LogP contribution >= 0.6 is 11.3 Å². The van der Waals surface area contributed by atoms with Gasteiger partial charge in [0, 0.05) is 23.3 Å². The molecule has 0 saturated carbocycles. The number of likely N-dealkylation sites (tertiary alicyclic amines) is 1. The molecule has 0 spiro atoms. The van der Waals surface area contributed by atoms with Crippen molar-refractivity contribution in [2.75, 3.05) is 6.54 Å². The largest absolute Gasteiger partial charge is 0.340 e. The summed E-state index contributed by atoms with van der Waals surface area (Å²) in [7, 11) is 0. The molecule has 2 amide bonds. The van der Waals surface area contributed by atoms with E-state index in [1.54, 1.807) is 11.3 Å². The van der Waals surface area contributed by atoms with E-state index in [9.17, 15) is 9.59 Å². The molecule has 0 radical (unpaired) electrons. The standard InChI is InChI=1S/C18H20N2O2S/c1-12-13(2)23-11-15(12)17(21)19-16-8-9-20(18(16)22)10-14-6-4-3-5-7-14/h3-7,11,16H,8-10H2,1-2H3,(H,19,21). The molecular formula is C18H20N2O2S. The van der Waals surface area contributed by atoms with Crippen LogP contribution in [0.1, 0.15) is 32.8 Å². The molecule has 0 aliphatic carbocycles. The van der Waals surface area contributed by atoms with Gasteiger partial charge in [0.15, 0.2) is 0 Å². The molecule has 0 bridgehead atoms. The van der Waals surface area contributed by atoms with Crippen molar-refractivity contribution in [3.05, 3.63) is 57.3 Å². The van der Waals surface area contributed by atoms with E-state index in [1.165, 1.54) is 0 Å². The van der Waals surface area contributed by atoms with E-state index in [4.69, 9.17) is 0 Å². The molecule has 1 aliphatic heterocycles. The maximum Gasteiger partial charge on any atom is 0.253 e. The summed E-state index contributed by atoms with van der Waals surface area (Å²) in [6, 6.07) is 9.51. The fourth-order valence-corrected chi connectivity index (χ4v) is 3.67. The number of nitrogens with zero attached hydrogens (tertiary/aromatic N) is 1. The first kappa shape index (κ1) is 15.7. The number of benzene rings is 1. The molecule has 120 valence electrons. The fraction of sp³-hybridized carbons (Fsp3) is 0.333. The number of hydrogen-bond donors (Lipinski definition) is 1. The lowest BCUT2D eigenvalue weighted by atomic mass is 10.1. The summed E-state index contributed by atoms with van der Waals surface area (Å²) in [4.78, 5) is 27.8. The Hall–Kier alpha value is -2.14. The highest BCUT2D eigenvalue weighted by molar-refractivity contribution is 7.10. The summed E-state index contributed by atoms with van der Waals surface area (Å²) >= 11 is 1.56. The molecule has 1 fully saturated rings. The number of carbonyl (C=O) groups excluding carboxylic acids is 2. The molecule has 5 heteroatoms. The van der Waals surface area contributed by atoms with Crippen LogP contribution in [0.15, 0.2) is 35.7 Å². The molecule has 1 saturated heterocycles. The van der Waals surface area contributed by atoms with E-state index in [-0.39, 0.29) is 11.8 Å². The van der Waals surface area contributed by atoms with Crippen LogP contribution in [0.4, 0.5) is 0 Å². The van der Waals surface area contributed by atoms with Gasteiger partial charge >= 0.3 is 0 Å². The first-order valence-corrected chi connectivity index (χ1v) is 8.62. The zero-order valence-corrected chi connectivity index (χ0v) is 14.2. The third-order valence-electron chi connectivity index (χ3n) is 4.35. The smallest absolute Gasteiger partial charge is 0.253 e. The Morgan fingerprint density at radius 3 is 2.70 bits per heavy atom. The highest BCUT2D eigenvalue weighted by atomic mass is 32.1. The number of hydrogen-bond acceptors (Lipinski definition) is 3. The average Bonchev–Trinajstić information content (AvgIpc) is 3.06. The highest BCUT2D eigenvalue weighted by Crippen LogP contribution is 2.21. The second-order valence-electron chi connectivity index (χ2n) is 5.89. The van der Waals surface area contributed by atoms with Gasteiger partial charge in [0.25, 0.3) is 5.91 Å². The summed E-state index contributed by atoms with van der Waals surface area (Å²) in [5.41, 5.74) is 2.79. The van der Waals surface area contributed by atoms with Crippen molar-refractivity contribution in [1.29, 1.82) is 0 Å². The Morgan fingerprint density at radius 1 is 1.30 bits per heavy atom. The summed E-state index contributed by atoms with van der Waals surface area (Å²) in [6.45, 7) is 5.22. The predicted octanol–water partition coefficient (Wildman–Crippen LogP) is 2.90. The molecule has 1 atom stereocenters. The van der Waals surface area contributed by atoms with Gasteiger partial charge in [-0.05, 0) is 31.4 Å². The van der Waals surface area contributed by atoms with E-state index in [0.717, 1.165) is 16.0 Å². The molecule has 23 heavy (non-hydrogen) atoms. The highest BCUT2D eigenvalue weighted by Gasteiger charge is 2.33. The number of rotatable bonds is 4. The molecule has 1 N–H and O–H groups in total. The Balaban J connectivity index is 1.63. The summed E-state index contributed by atoms with van der Waals surface area (Å²) in [5, 5.41) is 4.75. The quantitative estimate of drug-likeness (QED) is 0.938. The third kappa shape index (κ3) is 3.29. The van der Waals surface area contributed by atoms with Crippen LogP contribution in [-0.2, 0) is 11.3 Å². The van der Waals surface area contributed by atoms with Gasteiger partial charge in [0.1, 0.15) is 6.04 Å². The second kappa shape index (κ2) is 6.54. The van der Waals surface area contributed by atoms with Crippen LogP contribution in [0.2, 0.25) is 0 Å². The molecule has 1 aliphatic rings. The van der Waals surface area contributed by atoms with Crippen molar-refractivity contribution in [1.82, 2.24) is 10.2 Å². The fourth-order valence-electron chi connectivity index (χ4n) is 2.81. The lowest BCUT2D eigenvalue weighted by molar-refractivity contribution is -0.129. The first-order chi connectivity index (χ1) is 11.1. The Kier molecular flexibility index (Phi) is 4.48. The second-order valence-corrected chi connectivity index (χ2v) is 6.97. The van der Waals surface area contributed by atoms with Crippen molar-refractivity contribution in [3.8, 4) is 0 Å². The zero-order chi connectivity index (χ0) is 16.4. The van der Waals surface area contributed by atoms with Crippen LogP contribution in [0.3, 0.4) is 0 Å². The lowest BCUT2D eigenvalue weighted by Gasteiger charge is -2.17. The van der Waals surface area contributed by atoms with Gasteiger partial charge < -0.3 is 10.2 Å². The molecular weight excluding hydrogens is 308 g/mol. The summed E-state index contributed by atoms with van der Waals surface area (Å²) < 4.78 is 0. The van der Waals surface area contributed by atoms with Crippen molar-refractivity contribution >= 4 is 23.2 Å². The van der Waals surface area contributed by atoms with Gasteiger partial charge in [-0.25, -0.2) is 0 Å². The maximum absolute atomic E-state index is 12.5. The number of aryl methyl sites for hydroxylation is 1. The van der Waals surface area contributed by atoms with Gasteiger partial charge in [-0.1, -0.05) is 30.3 Å². The SMILES string of the molecule is Cc1scc(C(=O)NC2CCN(Cc3ccccc3)C2=O)c1C. The minimum Gasteiger partial charge on any atom is -0.340 e. The van der Waals surface area contributed by atoms with E-state index < -0.39 is 6.04 Å². The molecule has 3 rings (SSSR count). The normalized spacial score (nSPS) is 17.6. The van der Waals surface area contributed by atoms with Crippen molar-refractivity contribution in [2.24, 2.45) is 0 Å². The summed E-state index contributed by atoms with van der Waals surface area (Å²) in [5.74, 6) is -0.140. The molecule has 2 heterocycles. The van der Waals surface area contributed by atoms with Crippen molar-refractivity contribution in [3.63, 3.8) is 0 Å². The van der Waals surface area contributed by atoms with Crippen LogP contribution in [0.5, 0.6) is 0 Å². The monoisotopic (exact) mass is 328 g/mol. The van der Waals surface area contributed by atoms with Crippen LogP contribution in [0.25, 0.3) is 0 Å². The average molecular weight is 328 g/mol. The number of thiophene rings is 1. The lowest BCUT2D eigenvalue weighted by Crippen LogP contribution is -2.41. The topological polar surface area (TPSA) is 49.4 Å². The van der Waals surface area contributed by atoms with E-state index in [0.29, 0.717) is 25.1 Å². The van der Waals surface area contributed by atoms with Crippen molar-refractivity contribution < 1.29 is 9.59 Å².